The average molecular weight is 348 g/mol. The van der Waals surface area contributed by atoms with E-state index >= 15 is 0 Å². The summed E-state index contributed by atoms with van der Waals surface area (Å²) in [5.74, 6) is 0.783. The molecule has 1 heterocycles. The molecule has 4 rings (SSSR count). The van der Waals surface area contributed by atoms with Gasteiger partial charge >= 0.3 is 0 Å². The first-order chi connectivity index (χ1) is 12.1. The van der Waals surface area contributed by atoms with E-state index < -0.39 is 0 Å². The maximum Gasteiger partial charge on any atom is 0.153 e. The fourth-order valence-electron chi connectivity index (χ4n) is 3.10. The van der Waals surface area contributed by atoms with Crippen molar-refractivity contribution in [3.63, 3.8) is 0 Å². The van der Waals surface area contributed by atoms with Crippen molar-refractivity contribution < 1.29 is 4.74 Å². The van der Waals surface area contributed by atoms with Gasteiger partial charge in [-0.05, 0) is 54.4 Å². The van der Waals surface area contributed by atoms with E-state index in [1.165, 1.54) is 10.8 Å². The first-order valence-corrected chi connectivity index (χ1v) is 8.74. The van der Waals surface area contributed by atoms with Gasteiger partial charge in [-0.1, -0.05) is 48.0 Å². The van der Waals surface area contributed by atoms with Gasteiger partial charge in [-0.25, -0.2) is 0 Å². The lowest BCUT2D eigenvalue weighted by atomic mass is 9.99. The summed E-state index contributed by atoms with van der Waals surface area (Å²) in [6.07, 6.45) is 1.82. The predicted molar refractivity (Wildman–Crippen MR) is 105 cm³/mol. The number of aromatic nitrogens is 1. The molecule has 0 saturated carbocycles. The number of ether oxygens (including phenoxy) is 1. The molecule has 25 heavy (non-hydrogen) atoms. The van der Waals surface area contributed by atoms with E-state index in [0.29, 0.717) is 5.02 Å². The summed E-state index contributed by atoms with van der Waals surface area (Å²) in [6, 6.07) is 20.6. The Hall–Kier alpha value is -2.58. The first kappa shape index (κ1) is 15.9. The van der Waals surface area contributed by atoms with Crippen LogP contribution in [0.25, 0.3) is 32.8 Å². The Bertz CT molecular complexity index is 1070. The van der Waals surface area contributed by atoms with Crippen LogP contribution in [0, 0.1) is 0 Å². The summed E-state index contributed by atoms with van der Waals surface area (Å²) < 4.78 is 6.16. The van der Waals surface area contributed by atoms with Gasteiger partial charge in [-0.2, -0.15) is 0 Å². The molecule has 3 aromatic carbocycles. The summed E-state index contributed by atoms with van der Waals surface area (Å²) >= 11 is 6.54. The Balaban J connectivity index is 2.01. The lowest BCUT2D eigenvalue weighted by Crippen LogP contribution is -2.07. The van der Waals surface area contributed by atoms with Crippen LogP contribution in [0.2, 0.25) is 5.02 Å². The van der Waals surface area contributed by atoms with Crippen LogP contribution in [0.15, 0.2) is 66.9 Å². The van der Waals surface area contributed by atoms with E-state index in [1.54, 1.807) is 6.20 Å². The highest BCUT2D eigenvalue weighted by atomic mass is 35.5. The minimum absolute atomic E-state index is 0.0468. The highest BCUT2D eigenvalue weighted by Crippen LogP contribution is 2.41. The third-order valence-corrected chi connectivity index (χ3v) is 4.52. The molecule has 0 fully saturated rings. The van der Waals surface area contributed by atoms with Crippen molar-refractivity contribution >= 4 is 33.3 Å². The van der Waals surface area contributed by atoms with Crippen molar-refractivity contribution in [2.75, 3.05) is 0 Å². The van der Waals surface area contributed by atoms with Crippen LogP contribution in [0.1, 0.15) is 13.8 Å². The zero-order chi connectivity index (χ0) is 17.4. The molecule has 0 N–H and O–H groups in total. The molecule has 1 aromatic heterocycles. The van der Waals surface area contributed by atoms with E-state index in [4.69, 9.17) is 16.3 Å². The molecule has 0 radical (unpaired) electrons. The second-order valence-electron chi connectivity index (χ2n) is 6.36. The Labute approximate surface area is 152 Å². The zero-order valence-corrected chi connectivity index (χ0v) is 14.9. The van der Waals surface area contributed by atoms with Gasteiger partial charge in [-0.15, -0.1) is 0 Å². The Kier molecular flexibility index (Phi) is 4.06. The fourth-order valence-corrected chi connectivity index (χ4v) is 3.36. The van der Waals surface area contributed by atoms with Gasteiger partial charge in [0.25, 0.3) is 0 Å². The van der Waals surface area contributed by atoms with Crippen LogP contribution in [0.4, 0.5) is 0 Å². The summed E-state index contributed by atoms with van der Waals surface area (Å²) in [6.45, 7) is 4.04. The van der Waals surface area contributed by atoms with Crippen molar-refractivity contribution in [1.82, 2.24) is 4.98 Å². The van der Waals surface area contributed by atoms with Gasteiger partial charge in [0.15, 0.2) is 5.75 Å². The van der Waals surface area contributed by atoms with E-state index in [2.05, 4.69) is 35.3 Å². The predicted octanol–water partition coefficient (Wildman–Crippen LogP) is 6.50. The standard InChI is InChI=1S/C22H18ClNO/c1-14(2)25-22-19(13-20(23)18-8-5-11-24-21(18)22)17-10-9-15-6-3-4-7-16(15)12-17/h3-14H,1-2H3. The molecular weight excluding hydrogens is 330 g/mol. The molecule has 0 aliphatic carbocycles. The molecule has 124 valence electrons. The van der Waals surface area contributed by atoms with E-state index in [9.17, 15) is 0 Å². The second kappa shape index (κ2) is 6.38. The minimum atomic E-state index is 0.0468. The summed E-state index contributed by atoms with van der Waals surface area (Å²) in [7, 11) is 0. The van der Waals surface area contributed by atoms with Crippen molar-refractivity contribution in [2.45, 2.75) is 20.0 Å². The molecule has 0 saturated heterocycles. The molecule has 0 aliphatic rings. The molecule has 0 spiro atoms. The number of hydrogen-bond acceptors (Lipinski definition) is 2. The number of halogens is 1. The molecule has 0 atom stereocenters. The fraction of sp³-hybridized carbons (Fsp3) is 0.136. The van der Waals surface area contributed by atoms with Gasteiger partial charge in [0, 0.05) is 17.1 Å². The number of rotatable bonds is 3. The number of pyridine rings is 1. The number of nitrogens with zero attached hydrogens (tertiary/aromatic N) is 1. The van der Waals surface area contributed by atoms with Gasteiger partial charge < -0.3 is 4.74 Å². The van der Waals surface area contributed by atoms with Crippen LogP contribution < -0.4 is 4.74 Å². The smallest absolute Gasteiger partial charge is 0.153 e. The van der Waals surface area contributed by atoms with Crippen LogP contribution >= 0.6 is 11.6 Å². The van der Waals surface area contributed by atoms with Crippen LogP contribution in [-0.4, -0.2) is 11.1 Å². The lowest BCUT2D eigenvalue weighted by Gasteiger charge is -2.17. The summed E-state index contributed by atoms with van der Waals surface area (Å²) in [5, 5.41) is 3.99. The van der Waals surface area contributed by atoms with Crippen molar-refractivity contribution in [1.29, 1.82) is 0 Å². The Morgan fingerprint density at radius 2 is 1.72 bits per heavy atom. The van der Waals surface area contributed by atoms with Crippen molar-refractivity contribution in [3.8, 4) is 16.9 Å². The number of fused-ring (bicyclic) bond motifs is 2. The number of hydrogen-bond donors (Lipinski definition) is 0. The van der Waals surface area contributed by atoms with Crippen LogP contribution in [0.3, 0.4) is 0 Å². The van der Waals surface area contributed by atoms with Gasteiger partial charge in [0.2, 0.25) is 0 Å². The molecule has 0 bridgehead atoms. The molecule has 0 aliphatic heterocycles. The minimum Gasteiger partial charge on any atom is -0.488 e. The van der Waals surface area contributed by atoms with Crippen molar-refractivity contribution in [3.05, 3.63) is 71.9 Å². The SMILES string of the molecule is CC(C)Oc1c(-c2ccc3ccccc3c2)cc(Cl)c2cccnc12. The molecule has 3 heteroatoms. The van der Waals surface area contributed by atoms with Gasteiger partial charge in [0.1, 0.15) is 5.52 Å². The summed E-state index contributed by atoms with van der Waals surface area (Å²) in [4.78, 5) is 4.53. The largest absolute Gasteiger partial charge is 0.488 e. The number of benzene rings is 3. The lowest BCUT2D eigenvalue weighted by molar-refractivity contribution is 0.246. The molecule has 0 amide bonds. The Morgan fingerprint density at radius 1 is 0.920 bits per heavy atom. The first-order valence-electron chi connectivity index (χ1n) is 8.36. The third kappa shape index (κ3) is 2.94. The monoisotopic (exact) mass is 347 g/mol. The van der Waals surface area contributed by atoms with E-state index in [-0.39, 0.29) is 6.10 Å². The maximum atomic E-state index is 6.54. The Morgan fingerprint density at radius 3 is 2.52 bits per heavy atom. The van der Waals surface area contributed by atoms with E-state index in [1.807, 2.05) is 44.2 Å². The van der Waals surface area contributed by atoms with Gasteiger partial charge in [-0.3, -0.25) is 4.98 Å². The zero-order valence-electron chi connectivity index (χ0n) is 14.2. The molecule has 2 nitrogen and oxygen atoms in total. The quantitative estimate of drug-likeness (QED) is 0.422. The summed E-state index contributed by atoms with van der Waals surface area (Å²) in [5.41, 5.74) is 2.84. The average Bonchev–Trinajstić information content (AvgIpc) is 2.63. The third-order valence-electron chi connectivity index (χ3n) is 4.21. The maximum absolute atomic E-state index is 6.54. The normalized spacial score (nSPS) is 11.4. The second-order valence-corrected chi connectivity index (χ2v) is 6.77. The highest BCUT2D eigenvalue weighted by molar-refractivity contribution is 6.36. The molecule has 0 unspecified atom stereocenters. The molecular formula is C22H18ClNO. The molecule has 4 aromatic rings. The van der Waals surface area contributed by atoms with E-state index in [0.717, 1.165) is 27.8 Å². The highest BCUT2D eigenvalue weighted by Gasteiger charge is 2.16. The van der Waals surface area contributed by atoms with Gasteiger partial charge in [0.05, 0.1) is 11.1 Å². The van der Waals surface area contributed by atoms with Crippen LogP contribution in [-0.2, 0) is 0 Å². The van der Waals surface area contributed by atoms with Crippen LogP contribution in [0.5, 0.6) is 5.75 Å². The van der Waals surface area contributed by atoms with Crippen molar-refractivity contribution in [2.24, 2.45) is 0 Å². The topological polar surface area (TPSA) is 22.1 Å².